The summed E-state index contributed by atoms with van der Waals surface area (Å²) >= 11 is 0. The Morgan fingerprint density at radius 1 is 1.50 bits per heavy atom. The van der Waals surface area contributed by atoms with Gasteiger partial charge in [0.15, 0.2) is 5.78 Å². The van der Waals surface area contributed by atoms with Crippen molar-refractivity contribution in [3.8, 4) is 0 Å². The topological polar surface area (TPSA) is 59.3 Å². The second-order valence-electron chi connectivity index (χ2n) is 3.02. The number of carboxylic acid groups (broad SMARTS) is 1. The first-order chi connectivity index (χ1) is 6.50. The average Bonchev–Trinajstić information content (AvgIpc) is 2.43. The van der Waals surface area contributed by atoms with Crippen LogP contribution in [0.2, 0.25) is 0 Å². The highest BCUT2D eigenvalue weighted by Crippen LogP contribution is 2.08. The molecule has 1 aromatic heterocycles. The SMILES string of the molecule is CC(=O)/C=C/c1cc(C(=O)O)n(C)c1. The molecule has 0 saturated heterocycles. The van der Waals surface area contributed by atoms with Gasteiger partial charge in [-0.15, -0.1) is 0 Å². The van der Waals surface area contributed by atoms with Crippen LogP contribution < -0.4 is 0 Å². The Labute approximate surface area is 81.5 Å². The zero-order valence-corrected chi connectivity index (χ0v) is 8.02. The van der Waals surface area contributed by atoms with Gasteiger partial charge >= 0.3 is 5.97 Å². The Bertz CT molecular complexity index is 401. The van der Waals surface area contributed by atoms with E-state index in [2.05, 4.69) is 0 Å². The molecule has 14 heavy (non-hydrogen) atoms. The minimum absolute atomic E-state index is 0.0641. The fourth-order valence-electron chi connectivity index (χ4n) is 1.11. The molecule has 0 aromatic carbocycles. The largest absolute Gasteiger partial charge is 0.477 e. The summed E-state index contributed by atoms with van der Waals surface area (Å²) in [6.45, 7) is 1.44. The second-order valence-corrected chi connectivity index (χ2v) is 3.02. The molecule has 4 nitrogen and oxygen atoms in total. The van der Waals surface area contributed by atoms with E-state index in [1.165, 1.54) is 23.6 Å². The van der Waals surface area contributed by atoms with Crippen LogP contribution in [0, 0.1) is 0 Å². The summed E-state index contributed by atoms with van der Waals surface area (Å²) in [6.07, 6.45) is 4.65. The summed E-state index contributed by atoms with van der Waals surface area (Å²) in [5.74, 6) is -1.04. The molecule has 1 rings (SSSR count). The Morgan fingerprint density at radius 2 is 2.14 bits per heavy atom. The van der Waals surface area contributed by atoms with Gasteiger partial charge in [0.05, 0.1) is 0 Å². The Hall–Kier alpha value is -1.84. The van der Waals surface area contributed by atoms with Crippen molar-refractivity contribution in [2.75, 3.05) is 0 Å². The lowest BCUT2D eigenvalue weighted by atomic mass is 10.2. The predicted molar refractivity (Wildman–Crippen MR) is 52.1 cm³/mol. The smallest absolute Gasteiger partial charge is 0.352 e. The fraction of sp³-hybridized carbons (Fsp3) is 0.200. The molecule has 4 heteroatoms. The lowest BCUT2D eigenvalue weighted by molar-refractivity contribution is -0.112. The average molecular weight is 193 g/mol. The summed E-state index contributed by atoms with van der Waals surface area (Å²) in [6, 6.07) is 1.52. The molecule has 1 N–H and O–H groups in total. The van der Waals surface area contributed by atoms with Gasteiger partial charge in [0.1, 0.15) is 5.69 Å². The highest BCUT2D eigenvalue weighted by atomic mass is 16.4. The molecule has 0 atom stereocenters. The number of ketones is 1. The van der Waals surface area contributed by atoms with Crippen LogP contribution in [0.4, 0.5) is 0 Å². The maximum Gasteiger partial charge on any atom is 0.352 e. The van der Waals surface area contributed by atoms with Gasteiger partial charge in [-0.05, 0) is 30.7 Å². The molecule has 0 aliphatic carbocycles. The van der Waals surface area contributed by atoms with Crippen molar-refractivity contribution in [3.63, 3.8) is 0 Å². The normalized spacial score (nSPS) is 10.7. The monoisotopic (exact) mass is 193 g/mol. The standard InChI is InChI=1S/C10H11NO3/c1-7(12)3-4-8-5-9(10(13)14)11(2)6-8/h3-6H,1-2H3,(H,13,14)/b4-3+. The summed E-state index contributed by atoms with van der Waals surface area (Å²) < 4.78 is 1.50. The fourth-order valence-corrected chi connectivity index (χ4v) is 1.11. The zero-order chi connectivity index (χ0) is 10.7. The van der Waals surface area contributed by atoms with E-state index in [1.54, 1.807) is 19.3 Å². The van der Waals surface area contributed by atoms with E-state index in [1.807, 2.05) is 0 Å². The van der Waals surface area contributed by atoms with E-state index in [0.29, 0.717) is 5.56 Å². The van der Waals surface area contributed by atoms with Gasteiger partial charge in [-0.1, -0.05) is 0 Å². The van der Waals surface area contributed by atoms with Crippen molar-refractivity contribution in [2.24, 2.45) is 7.05 Å². The van der Waals surface area contributed by atoms with Gasteiger partial charge in [-0.25, -0.2) is 4.79 Å². The van der Waals surface area contributed by atoms with Crippen molar-refractivity contribution >= 4 is 17.8 Å². The molecule has 0 bridgehead atoms. The molecule has 74 valence electrons. The maximum absolute atomic E-state index is 10.7. The van der Waals surface area contributed by atoms with E-state index >= 15 is 0 Å². The molecule has 0 aliphatic heterocycles. The number of hydrogen-bond donors (Lipinski definition) is 1. The third-order valence-corrected chi connectivity index (χ3v) is 1.76. The molecular weight excluding hydrogens is 182 g/mol. The third-order valence-electron chi connectivity index (χ3n) is 1.76. The van der Waals surface area contributed by atoms with Crippen LogP contribution in [0.1, 0.15) is 23.0 Å². The molecule has 0 fully saturated rings. The number of nitrogens with zero attached hydrogens (tertiary/aromatic N) is 1. The molecule has 0 unspecified atom stereocenters. The van der Waals surface area contributed by atoms with Crippen LogP contribution in [0.25, 0.3) is 6.08 Å². The summed E-state index contributed by atoms with van der Waals surface area (Å²) in [5.41, 5.74) is 0.910. The molecule has 1 aromatic rings. The highest BCUT2D eigenvalue weighted by Gasteiger charge is 2.07. The van der Waals surface area contributed by atoms with E-state index < -0.39 is 5.97 Å². The molecule has 1 heterocycles. The number of carbonyl (C=O) groups is 2. The quantitative estimate of drug-likeness (QED) is 0.736. The second kappa shape index (κ2) is 3.91. The van der Waals surface area contributed by atoms with Gasteiger partial charge in [0, 0.05) is 13.2 Å². The van der Waals surface area contributed by atoms with E-state index in [4.69, 9.17) is 5.11 Å². The van der Waals surface area contributed by atoms with Crippen LogP contribution in [0.15, 0.2) is 18.3 Å². The maximum atomic E-state index is 10.7. The molecule has 0 aliphatic rings. The molecule has 0 radical (unpaired) electrons. The van der Waals surface area contributed by atoms with Crippen LogP contribution in [0.5, 0.6) is 0 Å². The van der Waals surface area contributed by atoms with Gasteiger partial charge in [0.25, 0.3) is 0 Å². The molecule has 0 spiro atoms. The van der Waals surface area contributed by atoms with E-state index in [-0.39, 0.29) is 11.5 Å². The first-order valence-corrected chi connectivity index (χ1v) is 4.09. The first-order valence-electron chi connectivity index (χ1n) is 4.09. The minimum Gasteiger partial charge on any atom is -0.477 e. The number of carboxylic acids is 1. The van der Waals surface area contributed by atoms with Crippen molar-refractivity contribution in [2.45, 2.75) is 6.92 Å². The Kier molecular flexibility index (Phi) is 2.86. The number of rotatable bonds is 3. The van der Waals surface area contributed by atoms with Crippen molar-refractivity contribution in [1.29, 1.82) is 0 Å². The van der Waals surface area contributed by atoms with Gasteiger partial charge < -0.3 is 9.67 Å². The number of allylic oxidation sites excluding steroid dienone is 1. The lowest BCUT2D eigenvalue weighted by Crippen LogP contribution is -2.02. The van der Waals surface area contributed by atoms with E-state index in [9.17, 15) is 9.59 Å². The first kappa shape index (κ1) is 10.2. The number of aryl methyl sites for hydroxylation is 1. The molecule has 0 amide bonds. The summed E-state index contributed by atoms with van der Waals surface area (Å²) in [7, 11) is 1.65. The number of carbonyl (C=O) groups excluding carboxylic acids is 1. The van der Waals surface area contributed by atoms with Crippen LogP contribution in [-0.4, -0.2) is 21.4 Å². The van der Waals surface area contributed by atoms with Gasteiger partial charge in [-0.2, -0.15) is 0 Å². The Balaban J connectivity index is 2.97. The third kappa shape index (κ3) is 2.32. The van der Waals surface area contributed by atoms with Crippen LogP contribution in [-0.2, 0) is 11.8 Å². The van der Waals surface area contributed by atoms with E-state index in [0.717, 1.165) is 0 Å². The van der Waals surface area contributed by atoms with Gasteiger partial charge in [-0.3, -0.25) is 4.79 Å². The number of aromatic nitrogens is 1. The van der Waals surface area contributed by atoms with Crippen molar-refractivity contribution < 1.29 is 14.7 Å². The van der Waals surface area contributed by atoms with Crippen LogP contribution >= 0.6 is 0 Å². The van der Waals surface area contributed by atoms with Crippen LogP contribution in [0.3, 0.4) is 0 Å². The predicted octanol–water partition coefficient (Wildman–Crippen LogP) is 1.33. The minimum atomic E-state index is -0.977. The number of hydrogen-bond acceptors (Lipinski definition) is 2. The lowest BCUT2D eigenvalue weighted by Gasteiger charge is -1.92. The van der Waals surface area contributed by atoms with Crippen molar-refractivity contribution in [1.82, 2.24) is 4.57 Å². The summed E-state index contributed by atoms with van der Waals surface area (Å²) in [5, 5.41) is 8.74. The highest BCUT2D eigenvalue weighted by molar-refractivity contribution is 5.92. The van der Waals surface area contributed by atoms with Crippen molar-refractivity contribution in [3.05, 3.63) is 29.6 Å². The number of aromatic carboxylic acids is 1. The molecule has 0 saturated carbocycles. The molecular formula is C10H11NO3. The zero-order valence-electron chi connectivity index (χ0n) is 8.02. The summed E-state index contributed by atoms with van der Waals surface area (Å²) in [4.78, 5) is 21.3. The van der Waals surface area contributed by atoms with Gasteiger partial charge in [0.2, 0.25) is 0 Å². The Morgan fingerprint density at radius 3 is 2.57 bits per heavy atom.